The summed E-state index contributed by atoms with van der Waals surface area (Å²) in [7, 11) is 0. The van der Waals surface area contributed by atoms with Gasteiger partial charge >= 0.3 is 0 Å². The second-order valence-electron chi connectivity index (χ2n) is 4.96. The zero-order valence-corrected chi connectivity index (χ0v) is 11.8. The van der Waals surface area contributed by atoms with E-state index in [1.54, 1.807) is 11.3 Å². The van der Waals surface area contributed by atoms with Crippen LogP contribution in [0, 0.1) is 0 Å². The Hall–Kier alpha value is -0.910. The average molecular weight is 281 g/mol. The molecule has 1 amide bonds. The van der Waals surface area contributed by atoms with Gasteiger partial charge in [0.25, 0.3) is 5.91 Å². The third-order valence-electron chi connectivity index (χ3n) is 3.59. The van der Waals surface area contributed by atoms with E-state index in [2.05, 4.69) is 0 Å². The summed E-state index contributed by atoms with van der Waals surface area (Å²) in [6.07, 6.45) is 3.33. The first-order valence-electron chi connectivity index (χ1n) is 6.93. The Labute approximate surface area is 117 Å². The molecule has 0 aliphatic carbocycles. The highest BCUT2D eigenvalue weighted by molar-refractivity contribution is 7.14. The maximum absolute atomic E-state index is 12.4. The summed E-state index contributed by atoms with van der Waals surface area (Å²) in [6.45, 7) is 3.75. The van der Waals surface area contributed by atoms with E-state index in [4.69, 9.17) is 9.47 Å². The average Bonchev–Trinajstić information content (AvgIpc) is 3.04. The van der Waals surface area contributed by atoms with Gasteiger partial charge in [-0.15, -0.1) is 11.3 Å². The van der Waals surface area contributed by atoms with Crippen LogP contribution in [-0.2, 0) is 9.47 Å². The smallest absolute Gasteiger partial charge is 0.264 e. The topological polar surface area (TPSA) is 38.8 Å². The van der Waals surface area contributed by atoms with Gasteiger partial charge in [0.1, 0.15) is 0 Å². The highest BCUT2D eigenvalue weighted by Crippen LogP contribution is 2.33. The standard InChI is InChI=1S/C14H19NO3S/c16-14(15-6-2-8-17-10-7-15)13-5-4-12(19-13)11-3-1-9-18-11/h4-5,11H,1-3,6-10H2/t11-/m0/s1. The fourth-order valence-corrected chi connectivity index (χ4v) is 3.61. The molecule has 1 aromatic heterocycles. The Morgan fingerprint density at radius 2 is 2.16 bits per heavy atom. The van der Waals surface area contributed by atoms with E-state index in [0.717, 1.165) is 43.9 Å². The molecule has 5 heteroatoms. The number of rotatable bonds is 2. The number of ether oxygens (including phenoxy) is 2. The molecule has 0 radical (unpaired) electrons. The van der Waals surface area contributed by atoms with E-state index in [0.29, 0.717) is 13.2 Å². The molecule has 2 aliphatic heterocycles. The van der Waals surface area contributed by atoms with Crippen LogP contribution >= 0.6 is 11.3 Å². The first kappa shape index (κ1) is 13.1. The predicted octanol–water partition coefficient (Wildman–Crippen LogP) is 2.46. The molecule has 2 aliphatic rings. The maximum atomic E-state index is 12.4. The maximum Gasteiger partial charge on any atom is 0.264 e. The van der Waals surface area contributed by atoms with Gasteiger partial charge in [0.05, 0.1) is 17.6 Å². The number of hydrogen-bond donors (Lipinski definition) is 0. The molecule has 2 fully saturated rings. The number of amides is 1. The van der Waals surface area contributed by atoms with Crippen molar-refractivity contribution in [3.05, 3.63) is 21.9 Å². The van der Waals surface area contributed by atoms with Gasteiger partial charge in [-0.1, -0.05) is 0 Å². The van der Waals surface area contributed by atoms with Crippen LogP contribution < -0.4 is 0 Å². The Balaban J connectivity index is 1.68. The fraction of sp³-hybridized carbons (Fsp3) is 0.643. The fourth-order valence-electron chi connectivity index (χ4n) is 2.55. The molecule has 0 aromatic carbocycles. The molecule has 19 heavy (non-hydrogen) atoms. The van der Waals surface area contributed by atoms with Crippen LogP contribution in [0.15, 0.2) is 12.1 Å². The molecule has 3 heterocycles. The van der Waals surface area contributed by atoms with E-state index < -0.39 is 0 Å². The second kappa shape index (κ2) is 6.03. The minimum atomic E-state index is 0.139. The lowest BCUT2D eigenvalue weighted by Gasteiger charge is -2.18. The monoisotopic (exact) mass is 281 g/mol. The van der Waals surface area contributed by atoms with E-state index in [-0.39, 0.29) is 12.0 Å². The van der Waals surface area contributed by atoms with E-state index >= 15 is 0 Å². The quantitative estimate of drug-likeness (QED) is 0.836. The van der Waals surface area contributed by atoms with Crippen molar-refractivity contribution in [1.82, 2.24) is 4.90 Å². The molecule has 0 bridgehead atoms. The van der Waals surface area contributed by atoms with Gasteiger partial charge in [-0.05, 0) is 31.4 Å². The summed E-state index contributed by atoms with van der Waals surface area (Å²) in [5.41, 5.74) is 0. The third kappa shape index (κ3) is 2.99. The van der Waals surface area contributed by atoms with Crippen LogP contribution in [0.25, 0.3) is 0 Å². The summed E-state index contributed by atoms with van der Waals surface area (Å²) < 4.78 is 11.0. The minimum Gasteiger partial charge on any atom is -0.380 e. The highest BCUT2D eigenvalue weighted by atomic mass is 32.1. The second-order valence-corrected chi connectivity index (χ2v) is 6.08. The summed E-state index contributed by atoms with van der Waals surface area (Å²) in [6, 6.07) is 3.98. The molecular formula is C14H19NO3S. The zero-order chi connectivity index (χ0) is 13.1. The Morgan fingerprint density at radius 1 is 1.21 bits per heavy atom. The number of carbonyl (C=O) groups excluding carboxylic acids is 1. The highest BCUT2D eigenvalue weighted by Gasteiger charge is 2.23. The summed E-state index contributed by atoms with van der Waals surface area (Å²) in [4.78, 5) is 16.3. The van der Waals surface area contributed by atoms with Crippen molar-refractivity contribution in [3.8, 4) is 0 Å². The van der Waals surface area contributed by atoms with E-state index in [9.17, 15) is 4.79 Å². The van der Waals surface area contributed by atoms with Gasteiger partial charge in [0.2, 0.25) is 0 Å². The van der Waals surface area contributed by atoms with Crippen LogP contribution in [0.1, 0.15) is 39.9 Å². The van der Waals surface area contributed by atoms with Crippen molar-refractivity contribution < 1.29 is 14.3 Å². The van der Waals surface area contributed by atoms with Crippen molar-refractivity contribution in [2.75, 3.05) is 32.9 Å². The minimum absolute atomic E-state index is 0.139. The molecule has 4 nitrogen and oxygen atoms in total. The lowest BCUT2D eigenvalue weighted by atomic mass is 10.2. The van der Waals surface area contributed by atoms with Gasteiger partial charge in [-0.2, -0.15) is 0 Å². The van der Waals surface area contributed by atoms with Gasteiger partial charge in [-0.25, -0.2) is 0 Å². The normalized spacial score (nSPS) is 24.4. The molecule has 2 saturated heterocycles. The molecule has 104 valence electrons. The SMILES string of the molecule is O=C(c1ccc([C@@H]2CCCO2)s1)N1CCCOCC1. The number of nitrogens with zero attached hydrogens (tertiary/aromatic N) is 1. The van der Waals surface area contributed by atoms with Crippen molar-refractivity contribution in [3.63, 3.8) is 0 Å². The van der Waals surface area contributed by atoms with Crippen LogP contribution in [0.5, 0.6) is 0 Å². The zero-order valence-electron chi connectivity index (χ0n) is 11.0. The number of carbonyl (C=O) groups is 1. The predicted molar refractivity (Wildman–Crippen MR) is 73.6 cm³/mol. The van der Waals surface area contributed by atoms with Crippen molar-refractivity contribution in [1.29, 1.82) is 0 Å². The molecular weight excluding hydrogens is 262 g/mol. The summed E-state index contributed by atoms with van der Waals surface area (Å²) in [5, 5.41) is 0. The van der Waals surface area contributed by atoms with Crippen LogP contribution in [0.2, 0.25) is 0 Å². The molecule has 0 saturated carbocycles. The summed E-state index contributed by atoms with van der Waals surface area (Å²) >= 11 is 1.58. The first-order valence-corrected chi connectivity index (χ1v) is 7.74. The Bertz CT molecular complexity index is 432. The molecule has 0 N–H and O–H groups in total. The molecule has 0 spiro atoms. The van der Waals surface area contributed by atoms with Crippen molar-refractivity contribution in [2.24, 2.45) is 0 Å². The van der Waals surface area contributed by atoms with Crippen molar-refractivity contribution in [2.45, 2.75) is 25.4 Å². The molecule has 1 atom stereocenters. The van der Waals surface area contributed by atoms with Gasteiger partial charge in [0, 0.05) is 31.2 Å². The third-order valence-corrected chi connectivity index (χ3v) is 4.76. The molecule has 1 aromatic rings. The molecule has 0 unspecified atom stereocenters. The van der Waals surface area contributed by atoms with Gasteiger partial charge in [0.15, 0.2) is 0 Å². The Morgan fingerprint density at radius 3 is 3.00 bits per heavy atom. The van der Waals surface area contributed by atoms with Crippen molar-refractivity contribution >= 4 is 17.2 Å². The lowest BCUT2D eigenvalue weighted by molar-refractivity contribution is 0.0746. The van der Waals surface area contributed by atoms with Crippen LogP contribution in [-0.4, -0.2) is 43.7 Å². The van der Waals surface area contributed by atoms with Crippen LogP contribution in [0.4, 0.5) is 0 Å². The molecule has 3 rings (SSSR count). The van der Waals surface area contributed by atoms with E-state index in [1.165, 1.54) is 4.88 Å². The van der Waals surface area contributed by atoms with Gasteiger partial charge in [-0.3, -0.25) is 4.79 Å². The first-order chi connectivity index (χ1) is 9.34. The number of thiophene rings is 1. The van der Waals surface area contributed by atoms with Gasteiger partial charge < -0.3 is 14.4 Å². The lowest BCUT2D eigenvalue weighted by Crippen LogP contribution is -2.32. The largest absolute Gasteiger partial charge is 0.380 e. The summed E-state index contributed by atoms with van der Waals surface area (Å²) in [5.74, 6) is 0.139. The Kier molecular flexibility index (Phi) is 4.15. The number of hydrogen-bond acceptors (Lipinski definition) is 4. The van der Waals surface area contributed by atoms with Crippen LogP contribution in [0.3, 0.4) is 0 Å². The van der Waals surface area contributed by atoms with E-state index in [1.807, 2.05) is 17.0 Å².